The predicted octanol–water partition coefficient (Wildman–Crippen LogP) is 1.78. The van der Waals surface area contributed by atoms with Gasteiger partial charge in [0, 0.05) is 32.2 Å². The molecule has 4 atom stereocenters. The zero-order valence-electron chi connectivity index (χ0n) is 12.3. The molecule has 4 heteroatoms. The van der Waals surface area contributed by atoms with Crippen LogP contribution >= 0.6 is 0 Å². The minimum absolute atomic E-state index is 0.0951. The van der Waals surface area contributed by atoms with Crippen molar-refractivity contribution in [3.8, 4) is 0 Å². The molecule has 2 fully saturated rings. The van der Waals surface area contributed by atoms with Crippen LogP contribution in [0.4, 0.5) is 0 Å². The zero-order valence-corrected chi connectivity index (χ0v) is 12.3. The smallest absolute Gasteiger partial charge is 0.225 e. The number of nitrogens with two attached hydrogens (primary N) is 1. The van der Waals surface area contributed by atoms with E-state index in [1.54, 1.807) is 0 Å². The average Bonchev–Trinajstić information content (AvgIpc) is 2.89. The molecule has 110 valence electrons. The van der Waals surface area contributed by atoms with Crippen LogP contribution in [0.3, 0.4) is 0 Å². The number of rotatable bonds is 4. The molecule has 0 aromatic heterocycles. The van der Waals surface area contributed by atoms with Crippen molar-refractivity contribution < 1.29 is 9.53 Å². The molecule has 2 N–H and O–H groups in total. The van der Waals surface area contributed by atoms with E-state index in [9.17, 15) is 4.79 Å². The van der Waals surface area contributed by atoms with Gasteiger partial charge >= 0.3 is 0 Å². The lowest BCUT2D eigenvalue weighted by Crippen LogP contribution is -2.41. The monoisotopic (exact) mass is 268 g/mol. The molecule has 4 unspecified atom stereocenters. The van der Waals surface area contributed by atoms with Crippen molar-refractivity contribution >= 4 is 5.91 Å². The topological polar surface area (TPSA) is 55.6 Å². The first kappa shape index (κ1) is 14.8. The van der Waals surface area contributed by atoms with Crippen LogP contribution in [0, 0.1) is 11.8 Å². The Labute approximate surface area is 116 Å². The van der Waals surface area contributed by atoms with Crippen LogP contribution < -0.4 is 5.73 Å². The molecule has 1 amide bonds. The quantitative estimate of drug-likeness (QED) is 0.845. The van der Waals surface area contributed by atoms with Crippen molar-refractivity contribution in [3.05, 3.63) is 0 Å². The molecule has 0 aromatic rings. The normalized spacial score (nSPS) is 33.1. The SMILES string of the molecule is CC(C(=O)N(C)CC1CCCO1)C1CCCC(N)C1. The number of nitrogens with zero attached hydrogens (tertiary/aromatic N) is 1. The summed E-state index contributed by atoms with van der Waals surface area (Å²) in [5.74, 6) is 0.815. The number of ether oxygens (including phenoxy) is 1. The van der Waals surface area contributed by atoms with Gasteiger partial charge in [-0.2, -0.15) is 0 Å². The summed E-state index contributed by atoms with van der Waals surface area (Å²) in [4.78, 5) is 14.3. The molecule has 19 heavy (non-hydrogen) atoms. The molecule has 1 saturated carbocycles. The van der Waals surface area contributed by atoms with Gasteiger partial charge in [0.15, 0.2) is 0 Å². The van der Waals surface area contributed by atoms with Crippen molar-refractivity contribution in [1.29, 1.82) is 0 Å². The molecule has 1 aliphatic carbocycles. The van der Waals surface area contributed by atoms with Gasteiger partial charge in [-0.15, -0.1) is 0 Å². The fourth-order valence-corrected chi connectivity index (χ4v) is 3.45. The Morgan fingerprint density at radius 2 is 2.16 bits per heavy atom. The highest BCUT2D eigenvalue weighted by Crippen LogP contribution is 2.30. The van der Waals surface area contributed by atoms with Crippen LogP contribution in [-0.2, 0) is 9.53 Å². The molecule has 2 aliphatic rings. The summed E-state index contributed by atoms with van der Waals surface area (Å²) in [6.07, 6.45) is 6.88. The van der Waals surface area contributed by atoms with Crippen LogP contribution in [0.15, 0.2) is 0 Å². The van der Waals surface area contributed by atoms with E-state index >= 15 is 0 Å². The molecule has 0 aromatic carbocycles. The minimum atomic E-state index is 0.0951. The van der Waals surface area contributed by atoms with E-state index < -0.39 is 0 Å². The number of carbonyl (C=O) groups excluding carboxylic acids is 1. The second kappa shape index (κ2) is 6.71. The highest BCUT2D eigenvalue weighted by molar-refractivity contribution is 5.78. The van der Waals surface area contributed by atoms with Crippen molar-refractivity contribution in [2.45, 2.75) is 57.6 Å². The third kappa shape index (κ3) is 3.93. The van der Waals surface area contributed by atoms with Gasteiger partial charge < -0.3 is 15.4 Å². The van der Waals surface area contributed by atoms with Crippen LogP contribution in [0.1, 0.15) is 45.4 Å². The summed E-state index contributed by atoms with van der Waals surface area (Å²) in [6.45, 7) is 3.65. The highest BCUT2D eigenvalue weighted by atomic mass is 16.5. The lowest BCUT2D eigenvalue weighted by atomic mass is 9.78. The Morgan fingerprint density at radius 1 is 1.37 bits per heavy atom. The summed E-state index contributed by atoms with van der Waals surface area (Å²) in [6, 6.07) is 0.289. The van der Waals surface area contributed by atoms with Crippen molar-refractivity contribution in [3.63, 3.8) is 0 Å². The maximum atomic E-state index is 12.5. The summed E-state index contributed by atoms with van der Waals surface area (Å²) in [5.41, 5.74) is 6.03. The predicted molar refractivity (Wildman–Crippen MR) is 75.7 cm³/mol. The molecule has 0 bridgehead atoms. The third-order valence-corrected chi connectivity index (χ3v) is 4.73. The second-order valence-corrected chi connectivity index (χ2v) is 6.33. The van der Waals surface area contributed by atoms with E-state index in [1.807, 2.05) is 11.9 Å². The maximum absolute atomic E-state index is 12.5. The van der Waals surface area contributed by atoms with E-state index in [2.05, 4.69) is 6.92 Å². The summed E-state index contributed by atoms with van der Waals surface area (Å²) < 4.78 is 5.60. The lowest BCUT2D eigenvalue weighted by Gasteiger charge is -2.33. The molecular weight excluding hydrogens is 240 g/mol. The second-order valence-electron chi connectivity index (χ2n) is 6.33. The Balaban J connectivity index is 1.83. The number of amides is 1. The standard InChI is InChI=1S/C15H28N2O2/c1-11(12-5-3-6-13(16)9-12)15(18)17(2)10-14-7-4-8-19-14/h11-14H,3-10,16H2,1-2H3. The van der Waals surface area contributed by atoms with E-state index in [1.165, 1.54) is 6.42 Å². The first-order valence-electron chi connectivity index (χ1n) is 7.70. The molecule has 0 radical (unpaired) electrons. The summed E-state index contributed by atoms with van der Waals surface area (Å²) in [5, 5.41) is 0. The summed E-state index contributed by atoms with van der Waals surface area (Å²) >= 11 is 0. The van der Waals surface area contributed by atoms with E-state index in [0.717, 1.165) is 45.3 Å². The van der Waals surface area contributed by atoms with Gasteiger partial charge in [-0.25, -0.2) is 0 Å². The summed E-state index contributed by atoms with van der Waals surface area (Å²) in [7, 11) is 1.91. The van der Waals surface area contributed by atoms with E-state index in [4.69, 9.17) is 10.5 Å². The van der Waals surface area contributed by atoms with Crippen molar-refractivity contribution in [2.24, 2.45) is 17.6 Å². The third-order valence-electron chi connectivity index (χ3n) is 4.73. The van der Waals surface area contributed by atoms with Gasteiger partial charge in [0.2, 0.25) is 5.91 Å². The first-order chi connectivity index (χ1) is 9.08. The molecular formula is C15H28N2O2. The zero-order chi connectivity index (χ0) is 13.8. The van der Waals surface area contributed by atoms with Crippen LogP contribution in [0.2, 0.25) is 0 Å². The number of likely N-dealkylation sites (N-methyl/N-ethyl adjacent to an activating group) is 1. The molecule has 1 saturated heterocycles. The van der Waals surface area contributed by atoms with Gasteiger partial charge in [-0.05, 0) is 38.0 Å². The molecule has 2 rings (SSSR count). The average molecular weight is 268 g/mol. The van der Waals surface area contributed by atoms with Crippen molar-refractivity contribution in [2.75, 3.05) is 20.2 Å². The van der Waals surface area contributed by atoms with E-state index in [0.29, 0.717) is 5.92 Å². The highest BCUT2D eigenvalue weighted by Gasteiger charge is 2.31. The van der Waals surface area contributed by atoms with Gasteiger partial charge in [-0.1, -0.05) is 13.3 Å². The first-order valence-corrected chi connectivity index (χ1v) is 7.70. The van der Waals surface area contributed by atoms with Gasteiger partial charge in [0.1, 0.15) is 0 Å². The molecule has 1 aliphatic heterocycles. The Morgan fingerprint density at radius 3 is 2.79 bits per heavy atom. The Hall–Kier alpha value is -0.610. The molecule has 0 spiro atoms. The van der Waals surface area contributed by atoms with Crippen LogP contribution in [-0.4, -0.2) is 43.2 Å². The number of hydrogen-bond donors (Lipinski definition) is 1. The van der Waals surface area contributed by atoms with E-state index in [-0.39, 0.29) is 24.0 Å². The Kier molecular flexibility index (Phi) is 5.22. The number of hydrogen-bond acceptors (Lipinski definition) is 3. The van der Waals surface area contributed by atoms with Gasteiger partial charge in [-0.3, -0.25) is 4.79 Å². The molecule has 4 nitrogen and oxygen atoms in total. The van der Waals surface area contributed by atoms with Gasteiger partial charge in [0.25, 0.3) is 0 Å². The fraction of sp³-hybridized carbons (Fsp3) is 0.933. The minimum Gasteiger partial charge on any atom is -0.376 e. The lowest BCUT2D eigenvalue weighted by molar-refractivity contribution is -0.137. The van der Waals surface area contributed by atoms with Crippen LogP contribution in [0.25, 0.3) is 0 Å². The molecule has 1 heterocycles. The largest absolute Gasteiger partial charge is 0.376 e. The number of carbonyl (C=O) groups is 1. The van der Waals surface area contributed by atoms with Crippen LogP contribution in [0.5, 0.6) is 0 Å². The Bertz CT molecular complexity index is 303. The fourth-order valence-electron chi connectivity index (χ4n) is 3.45. The van der Waals surface area contributed by atoms with Gasteiger partial charge in [0.05, 0.1) is 6.10 Å². The maximum Gasteiger partial charge on any atom is 0.225 e. The van der Waals surface area contributed by atoms with Crippen molar-refractivity contribution in [1.82, 2.24) is 4.90 Å².